The fourth-order valence-corrected chi connectivity index (χ4v) is 3.71. The first-order chi connectivity index (χ1) is 13.1. The standard InChI is InChI=1S/C24H26N3/c1-5-26(6-2)20-12-14-22-24(16-20)27(19-10-7-17(3)8-11-19)23-15-18(4)9-13-21(23)25-22/h7-16H,5-6H2,1-4H3/q+1. The molecular formula is C24H26N3+. The Balaban J connectivity index is 2.10. The lowest BCUT2D eigenvalue weighted by Gasteiger charge is -2.20. The van der Waals surface area contributed by atoms with Crippen molar-refractivity contribution in [3.63, 3.8) is 0 Å². The first kappa shape index (κ1) is 17.5. The second-order valence-electron chi connectivity index (χ2n) is 7.12. The molecule has 0 aliphatic heterocycles. The van der Waals surface area contributed by atoms with Crippen LogP contribution in [0.5, 0.6) is 0 Å². The normalized spacial score (nSPS) is 11.3. The summed E-state index contributed by atoms with van der Waals surface area (Å²) in [6.07, 6.45) is 0. The van der Waals surface area contributed by atoms with Crippen molar-refractivity contribution in [2.24, 2.45) is 0 Å². The minimum atomic E-state index is 0.993. The molecule has 0 spiro atoms. The van der Waals surface area contributed by atoms with E-state index in [1.54, 1.807) is 0 Å². The Morgan fingerprint density at radius 1 is 0.741 bits per heavy atom. The first-order valence-electron chi connectivity index (χ1n) is 9.69. The van der Waals surface area contributed by atoms with E-state index in [4.69, 9.17) is 4.98 Å². The number of nitrogens with zero attached hydrogens (tertiary/aromatic N) is 3. The topological polar surface area (TPSA) is 20.0 Å². The third-order valence-electron chi connectivity index (χ3n) is 5.23. The number of fused-ring (bicyclic) bond motifs is 2. The molecule has 4 aromatic rings. The van der Waals surface area contributed by atoms with Crippen molar-refractivity contribution in [2.75, 3.05) is 18.0 Å². The van der Waals surface area contributed by atoms with Gasteiger partial charge in [-0.25, -0.2) is 4.98 Å². The smallest absolute Gasteiger partial charge is 0.239 e. The Kier molecular flexibility index (Phi) is 4.53. The Bertz CT molecular complexity index is 1110. The van der Waals surface area contributed by atoms with Crippen LogP contribution in [0.4, 0.5) is 5.69 Å². The largest absolute Gasteiger partial charge is 0.372 e. The number of hydrogen-bond donors (Lipinski definition) is 0. The zero-order valence-corrected chi connectivity index (χ0v) is 16.5. The van der Waals surface area contributed by atoms with E-state index >= 15 is 0 Å². The molecule has 3 aromatic carbocycles. The number of aromatic nitrogens is 2. The van der Waals surface area contributed by atoms with Crippen LogP contribution in [-0.2, 0) is 0 Å². The van der Waals surface area contributed by atoms with Crippen LogP contribution in [0, 0.1) is 13.8 Å². The van der Waals surface area contributed by atoms with Crippen LogP contribution >= 0.6 is 0 Å². The van der Waals surface area contributed by atoms with Crippen LogP contribution in [0.2, 0.25) is 0 Å². The Morgan fingerprint density at radius 2 is 1.33 bits per heavy atom. The van der Waals surface area contributed by atoms with Crippen molar-refractivity contribution in [1.29, 1.82) is 0 Å². The minimum Gasteiger partial charge on any atom is -0.372 e. The van der Waals surface area contributed by atoms with Gasteiger partial charge in [-0.3, -0.25) is 0 Å². The molecule has 4 rings (SSSR count). The summed E-state index contributed by atoms with van der Waals surface area (Å²) in [6.45, 7) is 10.6. The summed E-state index contributed by atoms with van der Waals surface area (Å²) < 4.78 is 2.34. The fraction of sp³-hybridized carbons (Fsp3) is 0.250. The van der Waals surface area contributed by atoms with Crippen molar-refractivity contribution < 1.29 is 4.57 Å². The predicted molar refractivity (Wildman–Crippen MR) is 114 cm³/mol. The summed E-state index contributed by atoms with van der Waals surface area (Å²) >= 11 is 0. The fourth-order valence-electron chi connectivity index (χ4n) is 3.71. The number of hydrogen-bond acceptors (Lipinski definition) is 2. The van der Waals surface area contributed by atoms with Gasteiger partial charge in [-0.05, 0) is 51.5 Å². The van der Waals surface area contributed by atoms with Crippen molar-refractivity contribution >= 4 is 27.8 Å². The van der Waals surface area contributed by atoms with Crippen LogP contribution in [0.25, 0.3) is 27.8 Å². The molecule has 1 heterocycles. The number of benzene rings is 3. The third-order valence-corrected chi connectivity index (χ3v) is 5.23. The lowest BCUT2D eigenvalue weighted by atomic mass is 10.1. The van der Waals surface area contributed by atoms with Gasteiger partial charge in [0.05, 0.1) is 0 Å². The molecular weight excluding hydrogens is 330 g/mol. The monoisotopic (exact) mass is 356 g/mol. The second-order valence-corrected chi connectivity index (χ2v) is 7.12. The van der Waals surface area contributed by atoms with Crippen LogP contribution < -0.4 is 9.47 Å². The van der Waals surface area contributed by atoms with Gasteiger partial charge in [0.2, 0.25) is 16.7 Å². The van der Waals surface area contributed by atoms with Gasteiger partial charge >= 0.3 is 0 Å². The first-order valence-corrected chi connectivity index (χ1v) is 9.69. The highest BCUT2D eigenvalue weighted by Gasteiger charge is 2.20. The number of anilines is 1. The highest BCUT2D eigenvalue weighted by molar-refractivity contribution is 5.84. The molecule has 0 amide bonds. The average Bonchev–Trinajstić information content (AvgIpc) is 2.68. The van der Waals surface area contributed by atoms with Gasteiger partial charge in [-0.1, -0.05) is 23.8 Å². The number of aryl methyl sites for hydroxylation is 2. The average molecular weight is 356 g/mol. The molecule has 0 aliphatic carbocycles. The maximum atomic E-state index is 4.94. The van der Waals surface area contributed by atoms with Crippen LogP contribution in [0.15, 0.2) is 60.7 Å². The van der Waals surface area contributed by atoms with E-state index in [1.165, 1.54) is 22.5 Å². The Hall–Kier alpha value is -2.94. The van der Waals surface area contributed by atoms with E-state index in [0.717, 1.165) is 35.2 Å². The Labute approximate surface area is 160 Å². The summed E-state index contributed by atoms with van der Waals surface area (Å²) in [4.78, 5) is 7.31. The molecule has 0 saturated heterocycles. The van der Waals surface area contributed by atoms with E-state index in [-0.39, 0.29) is 0 Å². The van der Waals surface area contributed by atoms with Crippen molar-refractivity contribution in [3.8, 4) is 5.69 Å². The van der Waals surface area contributed by atoms with E-state index in [2.05, 4.69) is 97.8 Å². The molecule has 136 valence electrons. The second kappa shape index (κ2) is 6.99. The van der Waals surface area contributed by atoms with Crippen molar-refractivity contribution in [1.82, 2.24) is 4.98 Å². The van der Waals surface area contributed by atoms with E-state index < -0.39 is 0 Å². The van der Waals surface area contributed by atoms with E-state index in [9.17, 15) is 0 Å². The van der Waals surface area contributed by atoms with Crippen LogP contribution in [-0.4, -0.2) is 18.1 Å². The highest BCUT2D eigenvalue weighted by atomic mass is 15.1. The molecule has 3 heteroatoms. The molecule has 0 N–H and O–H groups in total. The summed E-state index contributed by atoms with van der Waals surface area (Å²) in [5, 5.41) is 0. The summed E-state index contributed by atoms with van der Waals surface area (Å²) in [5.74, 6) is 0. The van der Waals surface area contributed by atoms with Crippen molar-refractivity contribution in [3.05, 3.63) is 71.8 Å². The molecule has 0 unspecified atom stereocenters. The zero-order chi connectivity index (χ0) is 19.0. The summed E-state index contributed by atoms with van der Waals surface area (Å²) in [6, 6.07) is 21.8. The van der Waals surface area contributed by atoms with Gasteiger partial charge in [-0.15, -0.1) is 4.57 Å². The van der Waals surface area contributed by atoms with Gasteiger partial charge < -0.3 is 4.90 Å². The summed E-state index contributed by atoms with van der Waals surface area (Å²) in [5.41, 5.74) is 9.23. The van der Waals surface area contributed by atoms with E-state index in [0.29, 0.717) is 0 Å². The van der Waals surface area contributed by atoms with Crippen LogP contribution in [0.1, 0.15) is 25.0 Å². The zero-order valence-electron chi connectivity index (χ0n) is 16.5. The molecule has 0 aliphatic rings. The van der Waals surface area contributed by atoms with Gasteiger partial charge in [0.1, 0.15) is 11.0 Å². The van der Waals surface area contributed by atoms with Crippen molar-refractivity contribution in [2.45, 2.75) is 27.7 Å². The lowest BCUT2D eigenvalue weighted by Crippen LogP contribution is -2.33. The SMILES string of the molecule is CCN(CC)c1ccc2nc3ccc(C)cc3[n+](-c3ccc(C)cc3)c2c1. The van der Waals surface area contributed by atoms with Gasteiger partial charge in [0, 0.05) is 43.0 Å². The maximum absolute atomic E-state index is 4.94. The van der Waals surface area contributed by atoms with Gasteiger partial charge in [0.15, 0.2) is 0 Å². The van der Waals surface area contributed by atoms with Crippen LogP contribution in [0.3, 0.4) is 0 Å². The lowest BCUT2D eigenvalue weighted by molar-refractivity contribution is -0.538. The molecule has 0 atom stereocenters. The molecule has 0 bridgehead atoms. The quantitative estimate of drug-likeness (QED) is 0.373. The van der Waals surface area contributed by atoms with Gasteiger partial charge in [-0.2, -0.15) is 0 Å². The molecule has 0 saturated carbocycles. The molecule has 1 aromatic heterocycles. The van der Waals surface area contributed by atoms with Gasteiger partial charge in [0.25, 0.3) is 0 Å². The molecule has 27 heavy (non-hydrogen) atoms. The predicted octanol–water partition coefficient (Wildman–Crippen LogP) is 5.13. The minimum absolute atomic E-state index is 0.993. The third kappa shape index (κ3) is 3.14. The summed E-state index contributed by atoms with van der Waals surface area (Å²) in [7, 11) is 0. The maximum Gasteiger partial charge on any atom is 0.239 e. The molecule has 3 nitrogen and oxygen atoms in total. The number of rotatable bonds is 4. The molecule has 0 radical (unpaired) electrons. The highest BCUT2D eigenvalue weighted by Crippen LogP contribution is 2.23. The van der Waals surface area contributed by atoms with E-state index in [1.807, 2.05) is 0 Å². The molecule has 0 fully saturated rings. The Morgan fingerprint density at radius 3 is 2.00 bits per heavy atom.